The lowest BCUT2D eigenvalue weighted by atomic mass is 10.3. The maximum Gasteiger partial charge on any atom is 0.243 e. The van der Waals surface area contributed by atoms with Crippen LogP contribution in [0.3, 0.4) is 0 Å². The number of hydrogen-bond donors (Lipinski definition) is 3. The van der Waals surface area contributed by atoms with Crippen LogP contribution < -0.4 is 16.4 Å². The Hall–Kier alpha value is -0.880. The van der Waals surface area contributed by atoms with Crippen molar-refractivity contribution < 1.29 is 9.53 Å². The van der Waals surface area contributed by atoms with Gasteiger partial charge < -0.3 is 21.1 Å². The number of thiocarbonyl (C=S) groups is 1. The Balaban J connectivity index is 1.95. The summed E-state index contributed by atoms with van der Waals surface area (Å²) in [6, 6.07) is 0.520. The van der Waals surface area contributed by atoms with E-state index in [0.717, 1.165) is 0 Å². The highest BCUT2D eigenvalue weighted by atomic mass is 32.1. The van der Waals surface area contributed by atoms with Crippen LogP contribution in [0, 0.1) is 0 Å². The fourth-order valence-corrected chi connectivity index (χ4v) is 1.98. The average molecular weight is 245 g/mol. The van der Waals surface area contributed by atoms with Crippen molar-refractivity contribution in [1.29, 1.82) is 0 Å². The van der Waals surface area contributed by atoms with Crippen molar-refractivity contribution >= 4 is 23.2 Å². The van der Waals surface area contributed by atoms with Crippen molar-refractivity contribution in [3.8, 4) is 0 Å². The molecule has 0 saturated heterocycles. The summed E-state index contributed by atoms with van der Waals surface area (Å²) in [5.41, 5.74) is 4.92. The fourth-order valence-electron chi connectivity index (χ4n) is 1.72. The average Bonchev–Trinajstić information content (AvgIpc) is 2.69. The maximum absolute atomic E-state index is 10.4. The number of ether oxygens (including phenoxy) is 1. The van der Waals surface area contributed by atoms with Gasteiger partial charge in [-0.3, -0.25) is 4.79 Å². The van der Waals surface area contributed by atoms with Gasteiger partial charge in [-0.05, 0) is 25.1 Å². The molecule has 1 amide bonds. The Bertz CT molecular complexity index is 242. The van der Waals surface area contributed by atoms with Crippen LogP contribution in [0.2, 0.25) is 0 Å². The first-order valence-electron chi connectivity index (χ1n) is 5.59. The molecule has 5 nitrogen and oxygen atoms in total. The summed E-state index contributed by atoms with van der Waals surface area (Å²) < 4.78 is 4.99. The number of carbonyl (C=O) groups is 1. The molecule has 1 saturated carbocycles. The van der Waals surface area contributed by atoms with Gasteiger partial charge in [-0.15, -0.1) is 0 Å². The molecular formula is C10H19N3O2S. The minimum atomic E-state index is -0.452. The lowest BCUT2D eigenvalue weighted by Gasteiger charge is -2.15. The fraction of sp³-hybridized carbons (Fsp3) is 0.800. The lowest BCUT2D eigenvalue weighted by molar-refractivity contribution is -0.122. The summed E-state index contributed by atoms with van der Waals surface area (Å²) in [5.74, 6) is -0.452. The second kappa shape index (κ2) is 7.40. The summed E-state index contributed by atoms with van der Waals surface area (Å²) >= 11 is 5.12. The molecule has 0 aromatic rings. The van der Waals surface area contributed by atoms with Crippen molar-refractivity contribution in [2.75, 3.05) is 19.8 Å². The molecular weight excluding hydrogens is 226 g/mol. The molecule has 4 N–H and O–H groups in total. The van der Waals surface area contributed by atoms with Gasteiger partial charge >= 0.3 is 0 Å². The molecule has 0 spiro atoms. The molecule has 1 rings (SSSR count). The number of nitrogens with two attached hydrogens (primary N) is 1. The standard InChI is InChI=1S/C10H19N3O2S/c11-9(14)7-15-6-5-12-10(16)13-8-3-1-2-4-8/h8H,1-7H2,(H2,11,14)(H2,12,13,16). The van der Waals surface area contributed by atoms with E-state index in [1.54, 1.807) is 0 Å². The topological polar surface area (TPSA) is 76.4 Å². The largest absolute Gasteiger partial charge is 0.370 e. The van der Waals surface area contributed by atoms with Crippen LogP contribution in [0.5, 0.6) is 0 Å². The van der Waals surface area contributed by atoms with E-state index in [4.69, 9.17) is 22.7 Å². The van der Waals surface area contributed by atoms with E-state index in [1.165, 1.54) is 25.7 Å². The van der Waals surface area contributed by atoms with E-state index < -0.39 is 5.91 Å². The predicted molar refractivity (Wildman–Crippen MR) is 66.0 cm³/mol. The van der Waals surface area contributed by atoms with Crippen LogP contribution in [0.15, 0.2) is 0 Å². The molecule has 0 aromatic carbocycles. The van der Waals surface area contributed by atoms with Gasteiger partial charge in [-0.2, -0.15) is 0 Å². The minimum absolute atomic E-state index is 0.0372. The van der Waals surface area contributed by atoms with Gasteiger partial charge in [0.2, 0.25) is 5.91 Å². The Labute approximate surface area is 101 Å². The van der Waals surface area contributed by atoms with Crippen molar-refractivity contribution in [3.63, 3.8) is 0 Å². The predicted octanol–water partition coefficient (Wildman–Crippen LogP) is -0.105. The zero-order valence-corrected chi connectivity index (χ0v) is 10.1. The molecule has 0 atom stereocenters. The summed E-state index contributed by atoms with van der Waals surface area (Å²) in [6.07, 6.45) is 4.95. The van der Waals surface area contributed by atoms with Gasteiger partial charge in [0.05, 0.1) is 6.61 Å². The Morgan fingerprint density at radius 1 is 1.44 bits per heavy atom. The molecule has 0 unspecified atom stereocenters. The van der Waals surface area contributed by atoms with Crippen LogP contribution in [0.4, 0.5) is 0 Å². The van der Waals surface area contributed by atoms with Crippen molar-refractivity contribution in [2.24, 2.45) is 5.73 Å². The normalized spacial score (nSPS) is 16.0. The molecule has 1 aliphatic rings. The molecule has 0 aliphatic heterocycles. The number of hydrogen-bond acceptors (Lipinski definition) is 3. The lowest BCUT2D eigenvalue weighted by Crippen LogP contribution is -2.41. The van der Waals surface area contributed by atoms with E-state index in [-0.39, 0.29) is 6.61 Å². The zero-order chi connectivity index (χ0) is 11.8. The monoisotopic (exact) mass is 245 g/mol. The van der Waals surface area contributed by atoms with E-state index in [9.17, 15) is 4.79 Å². The summed E-state index contributed by atoms with van der Waals surface area (Å²) in [7, 11) is 0. The molecule has 16 heavy (non-hydrogen) atoms. The molecule has 6 heteroatoms. The SMILES string of the molecule is NC(=O)COCCNC(=S)NC1CCCC1. The quantitative estimate of drug-likeness (QED) is 0.450. The van der Waals surface area contributed by atoms with Gasteiger partial charge in [0, 0.05) is 12.6 Å². The number of carbonyl (C=O) groups excluding carboxylic acids is 1. The van der Waals surface area contributed by atoms with Crippen molar-refractivity contribution in [1.82, 2.24) is 10.6 Å². The third-order valence-electron chi connectivity index (χ3n) is 2.47. The Kier molecular flexibility index (Phi) is 6.10. The smallest absolute Gasteiger partial charge is 0.243 e. The van der Waals surface area contributed by atoms with Crippen LogP contribution in [-0.4, -0.2) is 36.8 Å². The third-order valence-corrected chi connectivity index (χ3v) is 2.73. The first-order valence-corrected chi connectivity index (χ1v) is 5.99. The van der Waals surface area contributed by atoms with Gasteiger partial charge in [0.1, 0.15) is 6.61 Å². The minimum Gasteiger partial charge on any atom is -0.370 e. The first kappa shape index (κ1) is 13.2. The summed E-state index contributed by atoms with van der Waals surface area (Å²) in [5, 5.41) is 6.94. The highest BCUT2D eigenvalue weighted by Crippen LogP contribution is 2.17. The van der Waals surface area contributed by atoms with E-state index >= 15 is 0 Å². The van der Waals surface area contributed by atoms with Gasteiger partial charge in [-0.25, -0.2) is 0 Å². The van der Waals surface area contributed by atoms with Crippen LogP contribution in [0.25, 0.3) is 0 Å². The molecule has 1 fully saturated rings. The molecule has 1 aliphatic carbocycles. The Morgan fingerprint density at radius 3 is 2.75 bits per heavy atom. The first-order chi connectivity index (χ1) is 7.68. The molecule has 0 aromatic heterocycles. The van der Waals surface area contributed by atoms with E-state index in [0.29, 0.717) is 24.3 Å². The number of primary amides is 1. The number of nitrogens with one attached hydrogen (secondary N) is 2. The third kappa shape index (κ3) is 5.87. The van der Waals surface area contributed by atoms with Crippen molar-refractivity contribution in [3.05, 3.63) is 0 Å². The highest BCUT2D eigenvalue weighted by molar-refractivity contribution is 7.80. The zero-order valence-electron chi connectivity index (χ0n) is 9.33. The summed E-state index contributed by atoms with van der Waals surface area (Å²) in [4.78, 5) is 10.4. The number of rotatable bonds is 6. The number of amides is 1. The summed E-state index contributed by atoms with van der Waals surface area (Å²) in [6.45, 7) is 0.978. The second-order valence-corrected chi connectivity index (χ2v) is 4.31. The van der Waals surface area contributed by atoms with Crippen LogP contribution in [0.1, 0.15) is 25.7 Å². The maximum atomic E-state index is 10.4. The molecule has 92 valence electrons. The van der Waals surface area contributed by atoms with E-state index in [1.807, 2.05) is 0 Å². The second-order valence-electron chi connectivity index (χ2n) is 3.90. The highest BCUT2D eigenvalue weighted by Gasteiger charge is 2.14. The van der Waals surface area contributed by atoms with Gasteiger partial charge in [-0.1, -0.05) is 12.8 Å². The molecule has 0 heterocycles. The van der Waals surface area contributed by atoms with Gasteiger partial charge in [0.25, 0.3) is 0 Å². The van der Waals surface area contributed by atoms with E-state index in [2.05, 4.69) is 10.6 Å². The van der Waals surface area contributed by atoms with Crippen molar-refractivity contribution in [2.45, 2.75) is 31.7 Å². The molecule has 0 bridgehead atoms. The Morgan fingerprint density at radius 2 is 2.12 bits per heavy atom. The van der Waals surface area contributed by atoms with Crippen LogP contribution >= 0.6 is 12.2 Å². The molecule has 0 radical (unpaired) electrons. The van der Waals surface area contributed by atoms with Gasteiger partial charge in [0.15, 0.2) is 5.11 Å². The van der Waals surface area contributed by atoms with Crippen LogP contribution in [-0.2, 0) is 9.53 Å².